The van der Waals surface area contributed by atoms with Gasteiger partial charge >= 0.3 is 5.97 Å². The predicted molar refractivity (Wildman–Crippen MR) is 164 cm³/mol. The number of halogens is 2. The molecule has 0 amide bonds. The zero-order chi connectivity index (χ0) is 30.7. The Hall–Kier alpha value is -3.73. The van der Waals surface area contributed by atoms with Crippen LogP contribution in [-0.4, -0.2) is 63.4 Å². The number of aromatic carboxylic acids is 1. The van der Waals surface area contributed by atoms with E-state index >= 15 is 0 Å². The molecule has 0 radical (unpaired) electrons. The van der Waals surface area contributed by atoms with Crippen molar-refractivity contribution in [3.05, 3.63) is 82.6 Å². The van der Waals surface area contributed by atoms with Crippen molar-refractivity contribution in [2.24, 2.45) is 5.41 Å². The molecule has 1 saturated heterocycles. The Balaban J connectivity index is 1.08. The van der Waals surface area contributed by atoms with Gasteiger partial charge in [0, 0.05) is 50.6 Å². The summed E-state index contributed by atoms with van der Waals surface area (Å²) in [5.74, 6) is 0.327. The average molecular weight is 623 g/mol. The molecule has 1 aliphatic carbocycles. The van der Waals surface area contributed by atoms with Gasteiger partial charge < -0.3 is 23.9 Å². The molecule has 44 heavy (non-hydrogen) atoms. The third-order valence-electron chi connectivity index (χ3n) is 8.62. The number of nitrogens with zero attached hydrogens (tertiary/aromatic N) is 4. The molecule has 0 atom stereocenters. The van der Waals surface area contributed by atoms with Crippen LogP contribution < -0.4 is 9.47 Å². The lowest BCUT2D eigenvalue weighted by Gasteiger charge is -2.32. The minimum Gasteiger partial charge on any atom is -0.490 e. The van der Waals surface area contributed by atoms with Crippen molar-refractivity contribution in [2.45, 2.75) is 57.9 Å². The number of likely N-dealkylation sites (tertiary alicyclic amines) is 1. The minimum atomic E-state index is -0.937. The summed E-state index contributed by atoms with van der Waals surface area (Å²) in [4.78, 5) is 23.4. The fourth-order valence-corrected chi connectivity index (χ4v) is 6.01. The number of aromatic nitrogens is 3. The van der Waals surface area contributed by atoms with E-state index in [0.29, 0.717) is 29.6 Å². The lowest BCUT2D eigenvalue weighted by atomic mass is 10.0. The molecule has 2 aromatic carbocycles. The van der Waals surface area contributed by atoms with Crippen LogP contribution in [0.15, 0.2) is 54.7 Å². The number of benzene rings is 2. The van der Waals surface area contributed by atoms with Crippen LogP contribution in [0, 0.1) is 11.2 Å². The normalized spacial score (nSPS) is 16.7. The number of carboxylic acids is 1. The highest BCUT2D eigenvalue weighted by Crippen LogP contribution is 2.50. The van der Waals surface area contributed by atoms with Crippen LogP contribution in [0.1, 0.15) is 54.0 Å². The zero-order valence-corrected chi connectivity index (χ0v) is 25.4. The number of pyridine rings is 1. The second kappa shape index (κ2) is 13.1. The molecule has 3 heterocycles. The quantitative estimate of drug-likeness (QED) is 0.184. The van der Waals surface area contributed by atoms with Crippen molar-refractivity contribution in [1.82, 2.24) is 19.4 Å². The Labute approximate surface area is 260 Å². The number of hydrogen-bond donors (Lipinski definition) is 1. The number of carboxylic acid groups (broad SMARTS) is 1. The number of carbonyl (C=O) groups is 1. The maximum Gasteiger partial charge on any atom is 0.335 e. The third-order valence-corrected chi connectivity index (χ3v) is 8.86. The van der Waals surface area contributed by atoms with Gasteiger partial charge in [0.15, 0.2) is 11.6 Å². The van der Waals surface area contributed by atoms with Crippen molar-refractivity contribution in [2.75, 3.05) is 26.8 Å². The lowest BCUT2D eigenvalue weighted by molar-refractivity contribution is 0.0697. The van der Waals surface area contributed by atoms with Gasteiger partial charge in [0.1, 0.15) is 24.3 Å². The number of fused-ring (bicyclic) bond motifs is 1. The molecule has 9 nitrogen and oxygen atoms in total. The van der Waals surface area contributed by atoms with E-state index in [1.54, 1.807) is 31.5 Å². The molecule has 1 aliphatic heterocycles. The lowest BCUT2D eigenvalue weighted by Crippen LogP contribution is -2.38. The molecule has 1 saturated carbocycles. The van der Waals surface area contributed by atoms with Crippen LogP contribution in [0.25, 0.3) is 11.0 Å². The van der Waals surface area contributed by atoms with Crippen LogP contribution in [0.4, 0.5) is 4.39 Å². The maximum absolute atomic E-state index is 14.1. The van der Waals surface area contributed by atoms with Crippen molar-refractivity contribution < 1.29 is 28.5 Å². The van der Waals surface area contributed by atoms with E-state index in [0.717, 1.165) is 68.6 Å². The summed E-state index contributed by atoms with van der Waals surface area (Å²) in [5.41, 5.74) is 2.78. The third kappa shape index (κ3) is 7.14. The molecular weight excluding hydrogens is 587 g/mol. The van der Waals surface area contributed by atoms with E-state index in [4.69, 9.17) is 30.8 Å². The first-order chi connectivity index (χ1) is 21.3. The number of imidazole rings is 1. The molecular formula is C33H36ClFN4O5. The molecule has 2 aliphatic rings. The molecule has 0 spiro atoms. The summed E-state index contributed by atoms with van der Waals surface area (Å²) in [6.45, 7) is 4.00. The predicted octanol–water partition coefficient (Wildman–Crippen LogP) is 6.36. The van der Waals surface area contributed by atoms with Gasteiger partial charge in [0.05, 0.1) is 28.8 Å². The number of ether oxygens (including phenoxy) is 3. The Kier molecular flexibility index (Phi) is 9.02. The van der Waals surface area contributed by atoms with Gasteiger partial charge in [-0.2, -0.15) is 0 Å². The number of methoxy groups -OCH3 is 1. The molecule has 11 heteroatoms. The Morgan fingerprint density at radius 2 is 1.95 bits per heavy atom. The van der Waals surface area contributed by atoms with Gasteiger partial charge in [-0.05, 0) is 80.0 Å². The van der Waals surface area contributed by atoms with Crippen molar-refractivity contribution >= 4 is 28.6 Å². The minimum absolute atomic E-state index is 0.0526. The van der Waals surface area contributed by atoms with Crippen LogP contribution in [0.5, 0.6) is 11.5 Å². The summed E-state index contributed by atoms with van der Waals surface area (Å²) in [7, 11) is 1.73. The highest BCUT2D eigenvalue weighted by Gasteiger charge is 2.43. The van der Waals surface area contributed by atoms with Crippen molar-refractivity contribution in [3.63, 3.8) is 0 Å². The first-order valence-electron chi connectivity index (χ1n) is 14.9. The van der Waals surface area contributed by atoms with Crippen molar-refractivity contribution in [1.29, 1.82) is 0 Å². The SMILES string of the molecule is COCCC1(Cn2c(CN3CCC(Oc4ccnc(COc5ccc(Cl)cc5F)c4)CC3)nc3ccc(C(=O)O)cc32)CC1. The van der Waals surface area contributed by atoms with Gasteiger partial charge in [-0.1, -0.05) is 11.6 Å². The molecule has 232 valence electrons. The van der Waals surface area contributed by atoms with E-state index in [2.05, 4.69) is 14.5 Å². The smallest absolute Gasteiger partial charge is 0.335 e. The van der Waals surface area contributed by atoms with Gasteiger partial charge in [-0.3, -0.25) is 9.88 Å². The number of rotatable bonds is 13. The van der Waals surface area contributed by atoms with Gasteiger partial charge in [0.25, 0.3) is 0 Å². The Morgan fingerprint density at radius 1 is 1.14 bits per heavy atom. The van der Waals surface area contributed by atoms with Crippen LogP contribution >= 0.6 is 11.6 Å². The standard InChI is InChI=1S/C33H36ClFN4O5/c1-42-15-11-33(9-10-33)21-39-29-16-22(32(40)41)2-4-28(29)37-31(39)19-38-13-7-25(8-14-38)44-26-6-12-36-24(18-26)20-43-30-5-3-23(34)17-27(30)35/h2-6,12,16-18,25H,7-11,13-15,19-21H2,1H3,(H,40,41). The number of piperidine rings is 1. The summed E-state index contributed by atoms with van der Waals surface area (Å²) in [5, 5.41) is 9.92. The first-order valence-corrected chi connectivity index (χ1v) is 15.3. The average Bonchev–Trinajstić information content (AvgIpc) is 3.71. The Morgan fingerprint density at radius 3 is 2.68 bits per heavy atom. The monoisotopic (exact) mass is 622 g/mol. The molecule has 2 fully saturated rings. The van der Waals surface area contributed by atoms with Crippen LogP contribution in [0.2, 0.25) is 5.02 Å². The van der Waals surface area contributed by atoms with E-state index in [1.165, 1.54) is 12.1 Å². The molecule has 1 N–H and O–H groups in total. The number of hydrogen-bond acceptors (Lipinski definition) is 7. The van der Waals surface area contributed by atoms with Crippen LogP contribution in [0.3, 0.4) is 0 Å². The summed E-state index contributed by atoms with van der Waals surface area (Å²) in [6.07, 6.45) is 6.68. The zero-order valence-electron chi connectivity index (χ0n) is 24.7. The Bertz CT molecular complexity index is 1630. The highest BCUT2D eigenvalue weighted by atomic mass is 35.5. The maximum atomic E-state index is 14.1. The topological polar surface area (TPSA) is 98.9 Å². The van der Waals surface area contributed by atoms with Crippen LogP contribution in [-0.2, 0) is 24.4 Å². The van der Waals surface area contributed by atoms with E-state index in [9.17, 15) is 14.3 Å². The fourth-order valence-electron chi connectivity index (χ4n) is 5.85. The van der Waals surface area contributed by atoms with E-state index < -0.39 is 11.8 Å². The van der Waals surface area contributed by atoms with Gasteiger partial charge in [-0.15, -0.1) is 0 Å². The molecule has 6 rings (SSSR count). The second-order valence-corrected chi connectivity index (χ2v) is 12.2. The summed E-state index contributed by atoms with van der Waals surface area (Å²) < 4.78 is 33.6. The van der Waals surface area contributed by atoms with Gasteiger partial charge in [0.2, 0.25) is 0 Å². The van der Waals surface area contributed by atoms with E-state index in [-0.39, 0.29) is 29.4 Å². The summed E-state index contributed by atoms with van der Waals surface area (Å²) >= 11 is 5.82. The summed E-state index contributed by atoms with van der Waals surface area (Å²) in [6, 6.07) is 13.1. The molecule has 0 unspecified atom stereocenters. The van der Waals surface area contributed by atoms with Crippen molar-refractivity contribution in [3.8, 4) is 11.5 Å². The fraction of sp³-hybridized carbons (Fsp3) is 0.424. The molecule has 4 aromatic rings. The highest BCUT2D eigenvalue weighted by molar-refractivity contribution is 6.30. The largest absolute Gasteiger partial charge is 0.490 e. The second-order valence-electron chi connectivity index (χ2n) is 11.8. The molecule has 0 bridgehead atoms. The molecule has 2 aromatic heterocycles. The first kappa shape index (κ1) is 30.3. The van der Waals surface area contributed by atoms with Gasteiger partial charge in [-0.25, -0.2) is 14.2 Å². The van der Waals surface area contributed by atoms with E-state index in [1.807, 2.05) is 18.2 Å².